The van der Waals surface area contributed by atoms with Crippen molar-refractivity contribution < 1.29 is 9.90 Å². The van der Waals surface area contributed by atoms with E-state index in [-0.39, 0.29) is 6.42 Å². The number of carboxylic acids is 1. The van der Waals surface area contributed by atoms with Gasteiger partial charge in [-0.05, 0) is 42.8 Å². The SMILES string of the molecule is Cc1ccc(-c2nnnn2CCCC(=O)O)c(C)n1. The molecule has 0 aliphatic heterocycles. The van der Waals surface area contributed by atoms with E-state index in [1.165, 1.54) is 0 Å². The van der Waals surface area contributed by atoms with E-state index >= 15 is 0 Å². The Balaban J connectivity index is 2.21. The molecule has 7 heteroatoms. The Kier molecular flexibility index (Phi) is 3.84. The van der Waals surface area contributed by atoms with Crippen LogP contribution in [0.1, 0.15) is 24.2 Å². The summed E-state index contributed by atoms with van der Waals surface area (Å²) < 4.78 is 1.61. The van der Waals surface area contributed by atoms with Crippen molar-refractivity contribution in [3.05, 3.63) is 23.5 Å². The minimum atomic E-state index is -0.817. The zero-order valence-corrected chi connectivity index (χ0v) is 10.9. The Bertz CT molecular complexity index is 594. The summed E-state index contributed by atoms with van der Waals surface area (Å²) in [5, 5.41) is 20.2. The Labute approximate surface area is 110 Å². The second-order valence-corrected chi connectivity index (χ2v) is 4.31. The molecule has 0 aliphatic carbocycles. The van der Waals surface area contributed by atoms with Gasteiger partial charge in [-0.25, -0.2) is 4.68 Å². The van der Waals surface area contributed by atoms with Crippen LogP contribution < -0.4 is 0 Å². The monoisotopic (exact) mass is 261 g/mol. The third-order valence-electron chi connectivity index (χ3n) is 2.76. The molecule has 2 heterocycles. The fraction of sp³-hybridized carbons (Fsp3) is 0.417. The molecule has 0 spiro atoms. The Hall–Kier alpha value is -2.31. The maximum absolute atomic E-state index is 10.5. The number of aliphatic carboxylic acids is 1. The lowest BCUT2D eigenvalue weighted by Gasteiger charge is -2.06. The zero-order chi connectivity index (χ0) is 13.8. The average molecular weight is 261 g/mol. The molecule has 2 aromatic rings. The maximum Gasteiger partial charge on any atom is 0.303 e. The van der Waals surface area contributed by atoms with Crippen LogP contribution in [0.15, 0.2) is 12.1 Å². The topological polar surface area (TPSA) is 93.8 Å². The molecule has 1 N–H and O–H groups in total. The first kappa shape index (κ1) is 13.1. The molecule has 100 valence electrons. The van der Waals surface area contributed by atoms with Crippen molar-refractivity contribution >= 4 is 5.97 Å². The number of tetrazole rings is 1. The fourth-order valence-corrected chi connectivity index (χ4v) is 1.85. The van der Waals surface area contributed by atoms with E-state index in [2.05, 4.69) is 20.5 Å². The molecule has 0 amide bonds. The minimum absolute atomic E-state index is 0.102. The van der Waals surface area contributed by atoms with Gasteiger partial charge in [-0.3, -0.25) is 9.78 Å². The molecular weight excluding hydrogens is 246 g/mol. The normalized spacial score (nSPS) is 10.6. The van der Waals surface area contributed by atoms with Gasteiger partial charge in [-0.2, -0.15) is 0 Å². The highest BCUT2D eigenvalue weighted by molar-refractivity contribution is 5.66. The van der Waals surface area contributed by atoms with Crippen molar-refractivity contribution in [1.82, 2.24) is 25.2 Å². The molecule has 0 fully saturated rings. The Morgan fingerprint density at radius 3 is 2.84 bits per heavy atom. The molecule has 2 rings (SSSR count). The van der Waals surface area contributed by atoms with Crippen LogP contribution in [0.3, 0.4) is 0 Å². The van der Waals surface area contributed by atoms with Gasteiger partial charge in [0.1, 0.15) is 0 Å². The molecule has 0 radical (unpaired) electrons. The van der Waals surface area contributed by atoms with Gasteiger partial charge in [-0.1, -0.05) is 0 Å². The minimum Gasteiger partial charge on any atom is -0.481 e. The molecule has 0 aromatic carbocycles. The number of nitrogens with zero attached hydrogens (tertiary/aromatic N) is 5. The van der Waals surface area contributed by atoms with Crippen molar-refractivity contribution in [3.8, 4) is 11.4 Å². The molecule has 0 atom stereocenters. The summed E-state index contributed by atoms with van der Waals surface area (Å²) in [4.78, 5) is 14.9. The van der Waals surface area contributed by atoms with Crippen molar-refractivity contribution in [2.45, 2.75) is 33.2 Å². The van der Waals surface area contributed by atoms with Gasteiger partial charge in [0.05, 0.1) is 0 Å². The van der Waals surface area contributed by atoms with Crippen LogP contribution in [0.5, 0.6) is 0 Å². The predicted octanol–water partition coefficient (Wildman–Crippen LogP) is 1.22. The molecule has 2 aromatic heterocycles. The highest BCUT2D eigenvalue weighted by Gasteiger charge is 2.12. The van der Waals surface area contributed by atoms with E-state index in [1.807, 2.05) is 26.0 Å². The van der Waals surface area contributed by atoms with E-state index in [9.17, 15) is 4.79 Å². The van der Waals surface area contributed by atoms with Gasteiger partial charge >= 0.3 is 5.97 Å². The van der Waals surface area contributed by atoms with Crippen molar-refractivity contribution in [2.75, 3.05) is 0 Å². The first-order chi connectivity index (χ1) is 9.08. The van der Waals surface area contributed by atoms with E-state index in [1.54, 1.807) is 4.68 Å². The second kappa shape index (κ2) is 5.55. The van der Waals surface area contributed by atoms with Gasteiger partial charge in [0, 0.05) is 29.9 Å². The number of carboxylic acid groups (broad SMARTS) is 1. The van der Waals surface area contributed by atoms with Crippen LogP contribution >= 0.6 is 0 Å². The number of pyridine rings is 1. The lowest BCUT2D eigenvalue weighted by Crippen LogP contribution is -2.06. The van der Waals surface area contributed by atoms with Gasteiger partial charge in [0.15, 0.2) is 5.82 Å². The molecule has 0 bridgehead atoms. The number of rotatable bonds is 5. The average Bonchev–Trinajstić information content (AvgIpc) is 2.77. The summed E-state index contributed by atoms with van der Waals surface area (Å²) >= 11 is 0. The largest absolute Gasteiger partial charge is 0.481 e. The molecule has 0 saturated heterocycles. The molecule has 7 nitrogen and oxygen atoms in total. The molecule has 0 saturated carbocycles. The van der Waals surface area contributed by atoms with E-state index in [0.29, 0.717) is 18.8 Å². The summed E-state index contributed by atoms with van der Waals surface area (Å²) in [6.07, 6.45) is 0.593. The molecule has 0 aliphatic rings. The van der Waals surface area contributed by atoms with Crippen molar-refractivity contribution in [2.24, 2.45) is 0 Å². The van der Waals surface area contributed by atoms with Gasteiger partial charge in [0.2, 0.25) is 0 Å². The molecule has 19 heavy (non-hydrogen) atoms. The summed E-state index contributed by atoms with van der Waals surface area (Å²) in [5.74, 6) is -0.196. The van der Waals surface area contributed by atoms with Crippen molar-refractivity contribution in [1.29, 1.82) is 0 Å². The number of aromatic nitrogens is 5. The first-order valence-electron chi connectivity index (χ1n) is 6.00. The van der Waals surface area contributed by atoms with Gasteiger partial charge in [-0.15, -0.1) is 5.10 Å². The van der Waals surface area contributed by atoms with E-state index < -0.39 is 5.97 Å². The summed E-state index contributed by atoms with van der Waals surface area (Å²) in [6.45, 7) is 4.30. The number of hydrogen-bond acceptors (Lipinski definition) is 5. The maximum atomic E-state index is 10.5. The number of hydrogen-bond donors (Lipinski definition) is 1. The zero-order valence-electron chi connectivity index (χ0n) is 10.9. The molecule has 0 unspecified atom stereocenters. The summed E-state index contributed by atoms with van der Waals surface area (Å²) in [7, 11) is 0. The Morgan fingerprint density at radius 1 is 1.37 bits per heavy atom. The van der Waals surface area contributed by atoms with Crippen LogP contribution in [0.25, 0.3) is 11.4 Å². The number of aryl methyl sites for hydroxylation is 3. The quantitative estimate of drug-likeness (QED) is 0.869. The predicted molar refractivity (Wildman–Crippen MR) is 67.4 cm³/mol. The van der Waals surface area contributed by atoms with Crippen molar-refractivity contribution in [3.63, 3.8) is 0 Å². The Morgan fingerprint density at radius 2 is 2.16 bits per heavy atom. The van der Waals surface area contributed by atoms with Crippen LogP contribution in [0.4, 0.5) is 0 Å². The lowest BCUT2D eigenvalue weighted by atomic mass is 10.1. The van der Waals surface area contributed by atoms with E-state index in [0.717, 1.165) is 17.0 Å². The third kappa shape index (κ3) is 3.12. The van der Waals surface area contributed by atoms with Gasteiger partial charge < -0.3 is 5.11 Å². The third-order valence-corrected chi connectivity index (χ3v) is 2.76. The first-order valence-corrected chi connectivity index (χ1v) is 6.00. The van der Waals surface area contributed by atoms with Crippen LogP contribution in [-0.4, -0.2) is 36.3 Å². The highest BCUT2D eigenvalue weighted by Crippen LogP contribution is 2.19. The van der Waals surface area contributed by atoms with Crippen LogP contribution in [0, 0.1) is 13.8 Å². The van der Waals surface area contributed by atoms with Crippen LogP contribution in [0.2, 0.25) is 0 Å². The van der Waals surface area contributed by atoms with E-state index in [4.69, 9.17) is 5.11 Å². The van der Waals surface area contributed by atoms with Gasteiger partial charge in [0.25, 0.3) is 0 Å². The summed E-state index contributed by atoms with van der Waals surface area (Å²) in [6, 6.07) is 3.83. The second-order valence-electron chi connectivity index (χ2n) is 4.31. The fourth-order valence-electron chi connectivity index (χ4n) is 1.85. The van der Waals surface area contributed by atoms with Crippen LogP contribution in [-0.2, 0) is 11.3 Å². The number of carbonyl (C=O) groups is 1. The smallest absolute Gasteiger partial charge is 0.303 e. The summed E-state index contributed by atoms with van der Waals surface area (Å²) in [5.41, 5.74) is 2.66. The highest BCUT2D eigenvalue weighted by atomic mass is 16.4. The standard InChI is InChI=1S/C12H15N5O2/c1-8-5-6-10(9(2)13-8)12-14-15-16-17(12)7-3-4-11(18)19/h5-6H,3-4,7H2,1-2H3,(H,18,19). The molecular formula is C12H15N5O2. The lowest BCUT2D eigenvalue weighted by molar-refractivity contribution is -0.137.